The normalized spacial score (nSPS) is 11.8. The molecule has 8 heteroatoms. The van der Waals surface area contributed by atoms with E-state index >= 15 is 0 Å². The Morgan fingerprint density at radius 3 is 2.67 bits per heavy atom. The second-order valence-electron chi connectivity index (χ2n) is 3.79. The van der Waals surface area contributed by atoms with E-state index < -0.39 is 23.8 Å². The van der Waals surface area contributed by atoms with E-state index in [1.165, 1.54) is 12.5 Å². The first kappa shape index (κ1) is 13.7. The summed E-state index contributed by atoms with van der Waals surface area (Å²) >= 11 is 0. The summed E-state index contributed by atoms with van der Waals surface area (Å²) in [6.45, 7) is 0. The zero-order valence-electron chi connectivity index (χ0n) is 9.79. The number of imidazole rings is 1. The highest BCUT2D eigenvalue weighted by atomic mass is 16.4. The average Bonchev–Trinajstić information content (AvgIpc) is 2.70. The number of hydrogen-bond donors (Lipinski definition) is 3. The van der Waals surface area contributed by atoms with E-state index in [-0.39, 0.29) is 18.5 Å². The van der Waals surface area contributed by atoms with Gasteiger partial charge in [-0.1, -0.05) is 0 Å². The predicted molar refractivity (Wildman–Crippen MR) is 60.5 cm³/mol. The number of carboxylic acids is 1. The number of aliphatic carboxylic acids is 1. The molecule has 0 aliphatic heterocycles. The molecule has 0 bridgehead atoms. The maximum atomic E-state index is 11.7. The second-order valence-corrected chi connectivity index (χ2v) is 3.79. The summed E-state index contributed by atoms with van der Waals surface area (Å²) < 4.78 is 1.56. The number of rotatable bonds is 6. The van der Waals surface area contributed by atoms with E-state index in [9.17, 15) is 14.4 Å². The zero-order valence-corrected chi connectivity index (χ0v) is 9.79. The third-order valence-electron chi connectivity index (χ3n) is 2.22. The fourth-order valence-corrected chi connectivity index (χ4v) is 1.31. The fraction of sp³-hybridized carbons (Fsp3) is 0.400. The summed E-state index contributed by atoms with van der Waals surface area (Å²) in [7, 11) is 1.69. The van der Waals surface area contributed by atoms with Crippen LogP contribution < -0.4 is 11.1 Å². The Bertz CT molecular complexity index is 468. The van der Waals surface area contributed by atoms with E-state index in [2.05, 4.69) is 10.3 Å². The van der Waals surface area contributed by atoms with Crippen molar-refractivity contribution in [3.8, 4) is 0 Å². The van der Waals surface area contributed by atoms with Crippen molar-refractivity contribution < 1.29 is 19.5 Å². The highest BCUT2D eigenvalue weighted by Gasteiger charge is 2.22. The molecular formula is C10H14N4O4. The minimum Gasteiger partial charge on any atom is -0.480 e. The van der Waals surface area contributed by atoms with Crippen LogP contribution in [0.5, 0.6) is 0 Å². The van der Waals surface area contributed by atoms with Crippen LogP contribution in [0, 0.1) is 0 Å². The molecule has 1 rings (SSSR count). The first-order valence-electron chi connectivity index (χ1n) is 5.20. The average molecular weight is 254 g/mol. The van der Waals surface area contributed by atoms with Gasteiger partial charge in [-0.2, -0.15) is 0 Å². The minimum atomic E-state index is -1.22. The van der Waals surface area contributed by atoms with E-state index in [4.69, 9.17) is 10.8 Å². The molecule has 0 aromatic carbocycles. The highest BCUT2D eigenvalue weighted by Crippen LogP contribution is 2.00. The van der Waals surface area contributed by atoms with Crippen molar-refractivity contribution in [2.45, 2.75) is 18.9 Å². The van der Waals surface area contributed by atoms with Crippen LogP contribution in [0.3, 0.4) is 0 Å². The number of primary amides is 1. The van der Waals surface area contributed by atoms with Crippen molar-refractivity contribution in [1.82, 2.24) is 14.9 Å². The number of aryl methyl sites for hydroxylation is 1. The van der Waals surface area contributed by atoms with E-state index in [1.54, 1.807) is 11.6 Å². The van der Waals surface area contributed by atoms with Crippen molar-refractivity contribution in [2.24, 2.45) is 12.8 Å². The van der Waals surface area contributed by atoms with Gasteiger partial charge in [0.1, 0.15) is 11.7 Å². The topological polar surface area (TPSA) is 127 Å². The summed E-state index contributed by atoms with van der Waals surface area (Å²) in [5.41, 5.74) is 5.04. The summed E-state index contributed by atoms with van der Waals surface area (Å²) in [6, 6.07) is -1.16. The molecule has 0 spiro atoms. The molecule has 4 N–H and O–H groups in total. The molecule has 0 radical (unpaired) electrons. The van der Waals surface area contributed by atoms with Crippen molar-refractivity contribution >= 4 is 17.8 Å². The lowest BCUT2D eigenvalue weighted by molar-refractivity contribution is -0.139. The lowest BCUT2D eigenvalue weighted by Gasteiger charge is -2.12. The molecule has 0 aliphatic rings. The van der Waals surface area contributed by atoms with Gasteiger partial charge in [-0.15, -0.1) is 0 Å². The van der Waals surface area contributed by atoms with Crippen molar-refractivity contribution in [3.05, 3.63) is 18.2 Å². The molecule has 0 saturated heterocycles. The van der Waals surface area contributed by atoms with Gasteiger partial charge in [0.05, 0.1) is 6.33 Å². The maximum Gasteiger partial charge on any atom is 0.326 e. The van der Waals surface area contributed by atoms with Crippen molar-refractivity contribution in [1.29, 1.82) is 0 Å². The van der Waals surface area contributed by atoms with Crippen LogP contribution in [0.25, 0.3) is 0 Å². The summed E-state index contributed by atoms with van der Waals surface area (Å²) in [5, 5.41) is 11.2. The first-order valence-corrected chi connectivity index (χ1v) is 5.20. The van der Waals surface area contributed by atoms with Crippen LogP contribution in [0.15, 0.2) is 12.5 Å². The molecule has 0 aliphatic carbocycles. The quantitative estimate of drug-likeness (QED) is 0.591. The molecule has 8 nitrogen and oxygen atoms in total. The van der Waals surface area contributed by atoms with Gasteiger partial charge in [0.2, 0.25) is 5.91 Å². The molecule has 0 fully saturated rings. The van der Waals surface area contributed by atoms with Gasteiger partial charge in [0.15, 0.2) is 0 Å². The lowest BCUT2D eigenvalue weighted by Crippen LogP contribution is -2.41. The molecular weight excluding hydrogens is 240 g/mol. The number of aromatic nitrogens is 2. The maximum absolute atomic E-state index is 11.7. The Balaban J connectivity index is 2.63. The second kappa shape index (κ2) is 5.80. The third-order valence-corrected chi connectivity index (χ3v) is 2.22. The molecule has 98 valence electrons. The smallest absolute Gasteiger partial charge is 0.326 e. The van der Waals surface area contributed by atoms with Gasteiger partial charge in [-0.25, -0.2) is 9.78 Å². The molecule has 2 amide bonds. The zero-order chi connectivity index (χ0) is 13.7. The van der Waals surface area contributed by atoms with Crippen LogP contribution >= 0.6 is 0 Å². The van der Waals surface area contributed by atoms with Gasteiger partial charge < -0.3 is 20.7 Å². The molecule has 18 heavy (non-hydrogen) atoms. The number of nitrogens with one attached hydrogen (secondary N) is 1. The number of nitrogens with zero attached hydrogens (tertiary/aromatic N) is 2. The predicted octanol–water partition coefficient (Wildman–Crippen LogP) is -1.13. The van der Waals surface area contributed by atoms with Crippen LogP contribution in [0.1, 0.15) is 23.3 Å². The first-order chi connectivity index (χ1) is 8.40. The Hall–Kier alpha value is -2.38. The number of carboxylic acid groups (broad SMARTS) is 1. The van der Waals surface area contributed by atoms with Gasteiger partial charge in [-0.05, 0) is 6.42 Å². The van der Waals surface area contributed by atoms with Crippen LogP contribution in [0.4, 0.5) is 0 Å². The number of carbonyl (C=O) groups is 3. The Kier molecular flexibility index (Phi) is 4.41. The monoisotopic (exact) mass is 254 g/mol. The van der Waals surface area contributed by atoms with E-state index in [0.717, 1.165) is 0 Å². The van der Waals surface area contributed by atoms with E-state index in [0.29, 0.717) is 0 Å². The van der Waals surface area contributed by atoms with Crippen LogP contribution in [0.2, 0.25) is 0 Å². The summed E-state index contributed by atoms with van der Waals surface area (Å²) in [6.07, 6.45) is 2.72. The third kappa shape index (κ3) is 3.89. The van der Waals surface area contributed by atoms with Gasteiger partial charge in [0, 0.05) is 19.7 Å². The standard InChI is InChI=1S/C10H14N4O4/c1-14-4-7(12-5-14)9(16)13-6(10(17)18)2-3-8(11)15/h4-6H,2-3H2,1H3,(H2,11,15)(H,13,16)(H,17,18). The summed E-state index contributed by atoms with van der Waals surface area (Å²) in [5.74, 6) is -2.44. The molecule has 1 aromatic heterocycles. The van der Waals surface area contributed by atoms with E-state index in [1.807, 2.05) is 0 Å². The summed E-state index contributed by atoms with van der Waals surface area (Å²) in [4.78, 5) is 36.9. The minimum absolute atomic E-state index is 0.0523. The van der Waals surface area contributed by atoms with Crippen LogP contribution in [-0.2, 0) is 16.6 Å². The van der Waals surface area contributed by atoms with Crippen molar-refractivity contribution in [2.75, 3.05) is 0 Å². The molecule has 1 aromatic rings. The SMILES string of the molecule is Cn1cnc(C(=O)NC(CCC(N)=O)C(=O)O)c1. The van der Waals surface area contributed by atoms with Crippen molar-refractivity contribution in [3.63, 3.8) is 0 Å². The highest BCUT2D eigenvalue weighted by molar-refractivity contribution is 5.94. The fourth-order valence-electron chi connectivity index (χ4n) is 1.31. The van der Waals surface area contributed by atoms with Crippen LogP contribution in [-0.4, -0.2) is 38.5 Å². The molecule has 1 unspecified atom stereocenters. The molecule has 1 heterocycles. The van der Waals surface area contributed by atoms with Gasteiger partial charge in [-0.3, -0.25) is 9.59 Å². The molecule has 1 atom stereocenters. The van der Waals surface area contributed by atoms with Gasteiger partial charge >= 0.3 is 5.97 Å². The Morgan fingerprint density at radius 2 is 2.22 bits per heavy atom. The Labute approximate surface area is 103 Å². The molecule has 0 saturated carbocycles. The number of hydrogen-bond acceptors (Lipinski definition) is 4. The Morgan fingerprint density at radius 1 is 1.56 bits per heavy atom. The lowest BCUT2D eigenvalue weighted by atomic mass is 10.1. The number of carbonyl (C=O) groups excluding carboxylic acids is 2. The number of amides is 2. The number of nitrogens with two attached hydrogens (primary N) is 1. The van der Waals surface area contributed by atoms with Gasteiger partial charge in [0.25, 0.3) is 5.91 Å². The largest absolute Gasteiger partial charge is 0.480 e.